The Hall–Kier alpha value is -2.38. The molecule has 0 aliphatic carbocycles. The molecular formula is C6H5N5O3. The Balaban J connectivity index is 3.00. The van der Waals surface area contributed by atoms with E-state index >= 15 is 0 Å². The molecule has 2 aromatic heterocycles. The highest BCUT2D eigenvalue weighted by molar-refractivity contribution is 5.85. The van der Waals surface area contributed by atoms with Gasteiger partial charge in [0, 0.05) is 0 Å². The van der Waals surface area contributed by atoms with Crippen molar-refractivity contribution in [3.8, 4) is 0 Å². The van der Waals surface area contributed by atoms with E-state index in [9.17, 15) is 14.4 Å². The van der Waals surface area contributed by atoms with Crippen LogP contribution in [0.2, 0.25) is 0 Å². The fraction of sp³-hybridized carbons (Fsp3) is 0. The molecule has 14 heavy (non-hydrogen) atoms. The quantitative estimate of drug-likeness (QED) is 0.464. The lowest BCUT2D eigenvalue weighted by Crippen LogP contribution is -2.25. The van der Waals surface area contributed by atoms with Gasteiger partial charge in [0.15, 0.2) is 11.2 Å². The van der Waals surface area contributed by atoms with E-state index in [-0.39, 0.29) is 11.2 Å². The summed E-state index contributed by atoms with van der Waals surface area (Å²) in [6.07, 6.45) is 1.07. The number of imidazole rings is 1. The van der Waals surface area contributed by atoms with Gasteiger partial charge in [0.2, 0.25) is 0 Å². The Kier molecular flexibility index (Phi) is 1.50. The minimum atomic E-state index is -0.825. The first-order valence-electron chi connectivity index (χ1n) is 3.59. The van der Waals surface area contributed by atoms with Crippen molar-refractivity contribution in [3.63, 3.8) is 0 Å². The topological polar surface area (TPSA) is 127 Å². The van der Waals surface area contributed by atoms with E-state index in [1.165, 1.54) is 0 Å². The van der Waals surface area contributed by atoms with Crippen LogP contribution in [0.5, 0.6) is 0 Å². The highest BCUT2D eigenvalue weighted by atomic mass is 16.2. The summed E-state index contributed by atoms with van der Waals surface area (Å²) < 4.78 is 0.881. The Bertz CT molecular complexity index is 618. The monoisotopic (exact) mass is 195 g/mol. The Labute approximate surface area is 75.4 Å². The molecule has 0 unspecified atom stereocenters. The average molecular weight is 195 g/mol. The second-order valence-electron chi connectivity index (χ2n) is 2.56. The maximum atomic E-state index is 11.1. The van der Waals surface area contributed by atoms with Crippen molar-refractivity contribution in [1.29, 1.82) is 0 Å². The van der Waals surface area contributed by atoms with Gasteiger partial charge in [-0.05, 0) is 0 Å². The van der Waals surface area contributed by atoms with E-state index in [0.29, 0.717) is 0 Å². The zero-order valence-corrected chi connectivity index (χ0v) is 6.77. The van der Waals surface area contributed by atoms with Gasteiger partial charge in [-0.15, -0.1) is 0 Å². The molecular weight excluding hydrogens is 190 g/mol. The van der Waals surface area contributed by atoms with Gasteiger partial charge < -0.3 is 5.73 Å². The number of H-pyrrole nitrogens is 2. The van der Waals surface area contributed by atoms with Gasteiger partial charge in [-0.25, -0.2) is 19.1 Å². The predicted molar refractivity (Wildman–Crippen MR) is 46.0 cm³/mol. The van der Waals surface area contributed by atoms with Crippen molar-refractivity contribution in [2.24, 2.45) is 5.73 Å². The zero-order valence-electron chi connectivity index (χ0n) is 6.77. The number of aromatic amines is 2. The van der Waals surface area contributed by atoms with Crippen LogP contribution >= 0.6 is 0 Å². The molecule has 0 radical (unpaired) electrons. The van der Waals surface area contributed by atoms with Crippen molar-refractivity contribution in [3.05, 3.63) is 27.2 Å². The zero-order chi connectivity index (χ0) is 10.3. The van der Waals surface area contributed by atoms with Crippen molar-refractivity contribution in [2.75, 3.05) is 0 Å². The molecule has 0 saturated carbocycles. The summed E-state index contributed by atoms with van der Waals surface area (Å²) in [4.78, 5) is 40.7. The summed E-state index contributed by atoms with van der Waals surface area (Å²) in [5, 5.41) is 0. The third kappa shape index (κ3) is 1.01. The van der Waals surface area contributed by atoms with Gasteiger partial charge >= 0.3 is 11.7 Å². The van der Waals surface area contributed by atoms with Crippen molar-refractivity contribution in [2.45, 2.75) is 0 Å². The third-order valence-electron chi connectivity index (χ3n) is 1.68. The van der Waals surface area contributed by atoms with Crippen molar-refractivity contribution < 1.29 is 4.79 Å². The SMILES string of the molecule is NC(=O)n1cnc2c(=O)[nH]c(=O)[nH]c21. The lowest BCUT2D eigenvalue weighted by Gasteiger charge is -1.94. The number of nitrogens with one attached hydrogen (secondary N) is 2. The number of fused-ring (bicyclic) bond motifs is 1. The lowest BCUT2D eigenvalue weighted by molar-refractivity contribution is 0.251. The summed E-state index contributed by atoms with van der Waals surface area (Å²) in [6.45, 7) is 0. The van der Waals surface area contributed by atoms with Crippen LogP contribution in [0.15, 0.2) is 15.9 Å². The summed E-state index contributed by atoms with van der Waals surface area (Å²) in [5.74, 6) is 0. The largest absolute Gasteiger partial charge is 0.351 e. The summed E-state index contributed by atoms with van der Waals surface area (Å²) in [6, 6.07) is -0.825. The number of carbonyl (C=O) groups is 1. The molecule has 1 amide bonds. The van der Waals surface area contributed by atoms with Crippen LogP contribution in [0, 0.1) is 0 Å². The fourth-order valence-electron chi connectivity index (χ4n) is 1.10. The number of carbonyl (C=O) groups excluding carboxylic acids is 1. The highest BCUT2D eigenvalue weighted by Gasteiger charge is 2.10. The maximum absolute atomic E-state index is 11.1. The van der Waals surface area contributed by atoms with Gasteiger partial charge in [0.25, 0.3) is 5.56 Å². The molecule has 0 spiro atoms. The number of hydrogen-bond donors (Lipinski definition) is 3. The average Bonchev–Trinajstić information content (AvgIpc) is 2.47. The van der Waals surface area contributed by atoms with Crippen molar-refractivity contribution in [1.82, 2.24) is 19.5 Å². The number of amides is 1. The number of hydrogen-bond acceptors (Lipinski definition) is 4. The molecule has 2 aromatic rings. The van der Waals surface area contributed by atoms with Crippen LogP contribution in [0.4, 0.5) is 4.79 Å². The van der Waals surface area contributed by atoms with E-state index in [2.05, 4.69) is 9.97 Å². The van der Waals surface area contributed by atoms with E-state index in [1.54, 1.807) is 0 Å². The number of aromatic nitrogens is 4. The van der Waals surface area contributed by atoms with Gasteiger partial charge in [0.05, 0.1) is 0 Å². The van der Waals surface area contributed by atoms with Crippen LogP contribution in [-0.2, 0) is 0 Å². The lowest BCUT2D eigenvalue weighted by atomic mass is 10.5. The van der Waals surface area contributed by atoms with E-state index < -0.39 is 17.3 Å². The van der Waals surface area contributed by atoms with E-state index in [4.69, 9.17) is 5.73 Å². The second-order valence-corrected chi connectivity index (χ2v) is 2.56. The minimum absolute atomic E-state index is 0.00810. The molecule has 4 N–H and O–H groups in total. The number of nitrogens with zero attached hydrogens (tertiary/aromatic N) is 2. The number of primary amides is 1. The first kappa shape index (κ1) is 8.23. The fourth-order valence-corrected chi connectivity index (χ4v) is 1.10. The second kappa shape index (κ2) is 2.55. The molecule has 72 valence electrons. The van der Waals surface area contributed by atoms with Gasteiger partial charge in [0.1, 0.15) is 6.33 Å². The standard InChI is InChI=1S/C6H5N5O3/c7-5(13)11-1-8-2-3(11)9-6(14)10-4(2)12/h1H,(H2,7,13)(H2,9,10,12,14). The Morgan fingerprint density at radius 2 is 2.14 bits per heavy atom. The summed E-state index contributed by atoms with van der Waals surface area (Å²) in [5.41, 5.74) is 3.55. The van der Waals surface area contributed by atoms with Gasteiger partial charge in [-0.3, -0.25) is 14.8 Å². The molecule has 0 aromatic carbocycles. The van der Waals surface area contributed by atoms with E-state index in [1.807, 2.05) is 4.98 Å². The van der Waals surface area contributed by atoms with E-state index in [0.717, 1.165) is 10.9 Å². The molecule has 0 fully saturated rings. The summed E-state index contributed by atoms with van der Waals surface area (Å²) in [7, 11) is 0. The molecule has 0 atom stereocenters. The Morgan fingerprint density at radius 3 is 2.79 bits per heavy atom. The normalized spacial score (nSPS) is 10.6. The molecule has 8 heteroatoms. The molecule has 0 saturated heterocycles. The molecule has 2 rings (SSSR count). The predicted octanol–water partition coefficient (Wildman–Crippen LogP) is -1.66. The molecule has 0 aliphatic rings. The van der Waals surface area contributed by atoms with Crippen LogP contribution in [-0.4, -0.2) is 25.6 Å². The van der Waals surface area contributed by atoms with Gasteiger partial charge in [-0.2, -0.15) is 0 Å². The first-order valence-corrected chi connectivity index (χ1v) is 3.59. The first-order chi connectivity index (χ1) is 6.59. The minimum Gasteiger partial charge on any atom is -0.351 e. The van der Waals surface area contributed by atoms with Crippen molar-refractivity contribution >= 4 is 17.2 Å². The Morgan fingerprint density at radius 1 is 1.43 bits per heavy atom. The van der Waals surface area contributed by atoms with Crippen LogP contribution in [0.1, 0.15) is 0 Å². The van der Waals surface area contributed by atoms with Crippen LogP contribution < -0.4 is 17.0 Å². The number of rotatable bonds is 0. The third-order valence-corrected chi connectivity index (χ3v) is 1.68. The maximum Gasteiger partial charge on any atom is 0.327 e. The molecule has 2 heterocycles. The van der Waals surface area contributed by atoms with Crippen LogP contribution in [0.3, 0.4) is 0 Å². The highest BCUT2D eigenvalue weighted by Crippen LogP contribution is 2.00. The summed E-state index contributed by atoms with van der Waals surface area (Å²) >= 11 is 0. The smallest absolute Gasteiger partial charge is 0.327 e. The molecule has 8 nitrogen and oxygen atoms in total. The van der Waals surface area contributed by atoms with Crippen LogP contribution in [0.25, 0.3) is 11.2 Å². The number of nitrogens with two attached hydrogens (primary N) is 1. The molecule has 0 bridgehead atoms. The molecule has 0 aliphatic heterocycles. The van der Waals surface area contributed by atoms with Gasteiger partial charge in [-0.1, -0.05) is 0 Å².